The fourth-order valence-electron chi connectivity index (χ4n) is 1.39. The standard InChI is InChI=1S/C11H11FINO/c1-11(2)6-15-10(14-11)8-4-3-7(12)5-9(8)13/h3-5H,6H2,1-2H3. The molecule has 0 spiro atoms. The molecule has 2 rings (SSSR count). The zero-order valence-corrected chi connectivity index (χ0v) is 10.7. The molecule has 0 atom stereocenters. The number of benzene rings is 1. The molecule has 1 aliphatic rings. The molecule has 1 aliphatic heterocycles. The van der Waals surface area contributed by atoms with Gasteiger partial charge < -0.3 is 4.74 Å². The van der Waals surface area contributed by atoms with Crippen LogP contribution in [0.1, 0.15) is 19.4 Å². The molecule has 1 aromatic carbocycles. The molecule has 4 heteroatoms. The largest absolute Gasteiger partial charge is 0.475 e. The van der Waals surface area contributed by atoms with E-state index in [9.17, 15) is 4.39 Å². The van der Waals surface area contributed by atoms with Crippen LogP contribution in [0.2, 0.25) is 0 Å². The first-order chi connectivity index (χ1) is 6.98. The summed E-state index contributed by atoms with van der Waals surface area (Å²) in [6.45, 7) is 4.60. The van der Waals surface area contributed by atoms with Crippen LogP contribution in [0.5, 0.6) is 0 Å². The number of rotatable bonds is 1. The molecule has 1 heterocycles. The van der Waals surface area contributed by atoms with Gasteiger partial charge in [0.15, 0.2) is 0 Å². The third kappa shape index (κ3) is 2.30. The monoisotopic (exact) mass is 319 g/mol. The van der Waals surface area contributed by atoms with E-state index in [1.807, 2.05) is 13.8 Å². The van der Waals surface area contributed by atoms with E-state index in [1.54, 1.807) is 6.07 Å². The van der Waals surface area contributed by atoms with Gasteiger partial charge in [-0.2, -0.15) is 0 Å². The van der Waals surface area contributed by atoms with Gasteiger partial charge in [0.25, 0.3) is 0 Å². The van der Waals surface area contributed by atoms with Gasteiger partial charge in [0.1, 0.15) is 12.4 Å². The van der Waals surface area contributed by atoms with Gasteiger partial charge in [0.2, 0.25) is 5.90 Å². The molecular formula is C11H11FINO. The molecule has 0 saturated carbocycles. The molecule has 0 aliphatic carbocycles. The van der Waals surface area contributed by atoms with Gasteiger partial charge in [-0.3, -0.25) is 0 Å². The van der Waals surface area contributed by atoms with Crippen molar-refractivity contribution in [1.82, 2.24) is 0 Å². The lowest BCUT2D eigenvalue weighted by molar-refractivity contribution is 0.279. The molecule has 0 unspecified atom stereocenters. The molecule has 0 fully saturated rings. The number of ether oxygens (including phenoxy) is 1. The lowest BCUT2D eigenvalue weighted by atomic mass is 10.1. The maximum Gasteiger partial charge on any atom is 0.217 e. The van der Waals surface area contributed by atoms with Crippen molar-refractivity contribution in [3.05, 3.63) is 33.1 Å². The molecule has 0 radical (unpaired) electrons. The van der Waals surface area contributed by atoms with Crippen molar-refractivity contribution in [2.24, 2.45) is 4.99 Å². The van der Waals surface area contributed by atoms with E-state index in [-0.39, 0.29) is 11.4 Å². The van der Waals surface area contributed by atoms with Crippen LogP contribution in [0.25, 0.3) is 0 Å². The van der Waals surface area contributed by atoms with Gasteiger partial charge in [-0.25, -0.2) is 9.38 Å². The van der Waals surface area contributed by atoms with Crippen molar-refractivity contribution in [2.45, 2.75) is 19.4 Å². The Hall–Kier alpha value is -0.650. The summed E-state index contributed by atoms with van der Waals surface area (Å²) in [7, 11) is 0. The highest BCUT2D eigenvalue weighted by molar-refractivity contribution is 14.1. The minimum Gasteiger partial charge on any atom is -0.475 e. The minimum absolute atomic E-state index is 0.174. The van der Waals surface area contributed by atoms with Gasteiger partial charge in [0, 0.05) is 9.13 Å². The van der Waals surface area contributed by atoms with E-state index in [1.165, 1.54) is 12.1 Å². The van der Waals surface area contributed by atoms with Gasteiger partial charge in [-0.05, 0) is 54.6 Å². The molecular weight excluding hydrogens is 308 g/mol. The van der Waals surface area contributed by atoms with Gasteiger partial charge >= 0.3 is 0 Å². The fraction of sp³-hybridized carbons (Fsp3) is 0.364. The molecule has 0 amide bonds. The summed E-state index contributed by atoms with van der Waals surface area (Å²) in [6.07, 6.45) is 0. The second kappa shape index (κ2) is 3.73. The highest BCUT2D eigenvalue weighted by atomic mass is 127. The van der Waals surface area contributed by atoms with Crippen molar-refractivity contribution in [2.75, 3.05) is 6.61 Å². The van der Waals surface area contributed by atoms with E-state index in [0.29, 0.717) is 12.5 Å². The molecule has 0 bridgehead atoms. The van der Waals surface area contributed by atoms with Crippen LogP contribution in [-0.2, 0) is 4.74 Å². The summed E-state index contributed by atoms with van der Waals surface area (Å²) in [4.78, 5) is 4.45. The molecule has 0 saturated heterocycles. The number of nitrogens with zero attached hydrogens (tertiary/aromatic N) is 1. The van der Waals surface area contributed by atoms with Gasteiger partial charge in [-0.15, -0.1) is 0 Å². The van der Waals surface area contributed by atoms with E-state index in [2.05, 4.69) is 27.6 Å². The Morgan fingerprint density at radius 1 is 1.47 bits per heavy atom. The third-order valence-electron chi connectivity index (χ3n) is 2.13. The van der Waals surface area contributed by atoms with Crippen LogP contribution in [0, 0.1) is 9.39 Å². The summed E-state index contributed by atoms with van der Waals surface area (Å²) < 4.78 is 19.2. The summed E-state index contributed by atoms with van der Waals surface area (Å²) in [5.74, 6) is 0.380. The lowest BCUT2D eigenvalue weighted by Gasteiger charge is -2.07. The first-order valence-corrected chi connectivity index (χ1v) is 5.74. The Labute approximate surface area is 102 Å². The van der Waals surface area contributed by atoms with Crippen LogP contribution in [-0.4, -0.2) is 18.0 Å². The third-order valence-corrected chi connectivity index (χ3v) is 3.02. The molecule has 0 N–H and O–H groups in total. The molecule has 80 valence electrons. The predicted octanol–water partition coefficient (Wildman–Crippen LogP) is 2.99. The van der Waals surface area contributed by atoms with Crippen molar-refractivity contribution in [1.29, 1.82) is 0 Å². The molecule has 1 aromatic rings. The van der Waals surface area contributed by atoms with E-state index in [0.717, 1.165) is 9.13 Å². The second-order valence-corrected chi connectivity index (χ2v) is 5.30. The van der Waals surface area contributed by atoms with Gasteiger partial charge in [0.05, 0.1) is 5.54 Å². The normalized spacial score (nSPS) is 18.5. The Balaban J connectivity index is 2.39. The molecule has 0 aromatic heterocycles. The summed E-state index contributed by atoms with van der Waals surface area (Å²) >= 11 is 2.09. The Morgan fingerprint density at radius 3 is 2.73 bits per heavy atom. The predicted molar refractivity (Wildman–Crippen MR) is 65.7 cm³/mol. The average molecular weight is 319 g/mol. The van der Waals surface area contributed by atoms with Crippen LogP contribution in [0.15, 0.2) is 23.2 Å². The number of aliphatic imine (C=N–C) groups is 1. The smallest absolute Gasteiger partial charge is 0.217 e. The maximum absolute atomic E-state index is 12.9. The minimum atomic E-state index is -0.235. The second-order valence-electron chi connectivity index (χ2n) is 4.14. The first-order valence-electron chi connectivity index (χ1n) is 4.66. The summed E-state index contributed by atoms with van der Waals surface area (Å²) in [5.41, 5.74) is 0.690. The van der Waals surface area contributed by atoms with E-state index < -0.39 is 0 Å². The van der Waals surface area contributed by atoms with Crippen LogP contribution < -0.4 is 0 Å². The van der Waals surface area contributed by atoms with Crippen LogP contribution in [0.4, 0.5) is 4.39 Å². The quantitative estimate of drug-likeness (QED) is 0.729. The van der Waals surface area contributed by atoms with Crippen LogP contribution >= 0.6 is 22.6 Å². The Bertz CT molecular complexity index is 429. The molecule has 15 heavy (non-hydrogen) atoms. The Kier molecular flexibility index (Phi) is 2.70. The first kappa shape index (κ1) is 10.9. The van der Waals surface area contributed by atoms with Crippen molar-refractivity contribution in [3.63, 3.8) is 0 Å². The maximum atomic E-state index is 12.9. The van der Waals surface area contributed by atoms with Crippen molar-refractivity contribution < 1.29 is 9.13 Å². The lowest BCUT2D eigenvalue weighted by Crippen LogP contribution is -2.17. The number of halogens is 2. The molecule has 2 nitrogen and oxygen atoms in total. The van der Waals surface area contributed by atoms with E-state index in [4.69, 9.17) is 4.74 Å². The van der Waals surface area contributed by atoms with Crippen LogP contribution in [0.3, 0.4) is 0 Å². The fourth-order valence-corrected chi connectivity index (χ4v) is 2.09. The topological polar surface area (TPSA) is 21.6 Å². The Morgan fingerprint density at radius 2 is 2.20 bits per heavy atom. The zero-order chi connectivity index (χ0) is 11.1. The highest BCUT2D eigenvalue weighted by Crippen LogP contribution is 2.23. The summed E-state index contributed by atoms with van der Waals surface area (Å²) in [6, 6.07) is 4.61. The number of hydrogen-bond acceptors (Lipinski definition) is 2. The SMILES string of the molecule is CC1(C)COC(c2ccc(F)cc2I)=N1. The van der Waals surface area contributed by atoms with E-state index >= 15 is 0 Å². The summed E-state index contributed by atoms with van der Waals surface area (Å²) in [5, 5.41) is 0. The van der Waals surface area contributed by atoms with Gasteiger partial charge in [-0.1, -0.05) is 0 Å². The zero-order valence-electron chi connectivity index (χ0n) is 8.55. The highest BCUT2D eigenvalue weighted by Gasteiger charge is 2.27. The number of hydrogen-bond donors (Lipinski definition) is 0. The average Bonchev–Trinajstić information content (AvgIpc) is 2.46. The van der Waals surface area contributed by atoms with Crippen molar-refractivity contribution >= 4 is 28.5 Å². The van der Waals surface area contributed by atoms with Crippen molar-refractivity contribution in [3.8, 4) is 0 Å².